The normalized spacial score (nSPS) is 36.1. The van der Waals surface area contributed by atoms with E-state index in [1.807, 2.05) is 49.4 Å². The maximum Gasteiger partial charge on any atom is 0.310 e. The van der Waals surface area contributed by atoms with E-state index in [1.54, 1.807) is 26.1 Å². The van der Waals surface area contributed by atoms with Crippen LogP contribution in [0.4, 0.5) is 0 Å². The van der Waals surface area contributed by atoms with Crippen LogP contribution in [0.25, 0.3) is 0 Å². The molecule has 3 N–H and O–H groups in total. The minimum absolute atomic E-state index is 0.0213. The Labute approximate surface area is 280 Å². The second-order valence-corrected chi connectivity index (χ2v) is 14.1. The molecule has 2 aliphatic heterocycles. The molecule has 2 aromatic rings. The molecule has 5 aliphatic rings. The maximum absolute atomic E-state index is 13.8. The van der Waals surface area contributed by atoms with Crippen molar-refractivity contribution in [3.8, 4) is 11.5 Å². The molecule has 3 aliphatic carbocycles. The smallest absolute Gasteiger partial charge is 0.310 e. The lowest BCUT2D eigenvalue weighted by Crippen LogP contribution is -2.70. The Morgan fingerprint density at radius 2 is 1.90 bits per heavy atom. The van der Waals surface area contributed by atoms with Gasteiger partial charge in [-0.1, -0.05) is 62.1 Å². The lowest BCUT2D eigenvalue weighted by molar-refractivity contribution is -0.421. The van der Waals surface area contributed by atoms with Crippen molar-refractivity contribution in [1.29, 1.82) is 0 Å². The summed E-state index contributed by atoms with van der Waals surface area (Å²) in [6.07, 6.45) is 4.10. The van der Waals surface area contributed by atoms with Crippen LogP contribution in [0.3, 0.4) is 0 Å². The van der Waals surface area contributed by atoms with Crippen molar-refractivity contribution in [2.75, 3.05) is 20.4 Å². The highest BCUT2D eigenvalue weighted by molar-refractivity contribution is 6.04. The highest BCUT2D eigenvalue weighted by Gasteiger charge is 2.79. The minimum atomic E-state index is -1.81. The molecule has 8 atom stereocenters. The summed E-state index contributed by atoms with van der Waals surface area (Å²) in [4.78, 5) is 27.0. The van der Waals surface area contributed by atoms with Gasteiger partial charge in [-0.15, -0.1) is 0 Å². The summed E-state index contributed by atoms with van der Waals surface area (Å²) in [5.41, 5.74) is -0.282. The van der Waals surface area contributed by atoms with Gasteiger partial charge in [0.25, 0.3) is 5.97 Å². The number of nitrogens with one attached hydrogen (secondary N) is 1. The molecule has 0 aromatic heterocycles. The molecule has 3 bridgehead atoms. The average Bonchev–Trinajstić information content (AvgIpc) is 3.35. The predicted octanol–water partition coefficient (Wildman–Crippen LogP) is 4.29. The number of rotatable bonds is 10. The zero-order valence-electron chi connectivity index (χ0n) is 27.8. The quantitative estimate of drug-likeness (QED) is 0.193. The molecule has 3 fully saturated rings. The Balaban J connectivity index is 1.23. The third-order valence-electron chi connectivity index (χ3n) is 10.9. The maximum atomic E-state index is 13.8. The van der Waals surface area contributed by atoms with Gasteiger partial charge in [-0.2, -0.15) is 0 Å². The number of phenolic OH excluding ortho intramolecular Hbond substituents is 1. The monoisotopic (exact) mass is 657 g/mol. The molecule has 48 heavy (non-hydrogen) atoms. The standard InChI is InChI=1S/C38H43NO9/c1-22(2)36-17-24(4)38-28(34(36)46-37(47-36,48-38)19-25-9-7-6-8-10-25)14-27(18-35(43)31(38)13-23(3)33(35)42)20-44-32(41)16-26-11-12-29(40)30(15-26)45-21-39-5/h6-15,24,28,31,34,39-40,43H,1,16-21H2,2-5H3/t24-,28+,31-,34-,35-,36+,37?,38-/m1/s1. The second-order valence-electron chi connectivity index (χ2n) is 14.1. The van der Waals surface area contributed by atoms with Gasteiger partial charge in [0, 0.05) is 18.3 Å². The van der Waals surface area contributed by atoms with E-state index in [1.165, 1.54) is 6.07 Å². The largest absolute Gasteiger partial charge is 0.504 e. The number of fused-ring (bicyclic) bond motifs is 2. The van der Waals surface area contributed by atoms with Gasteiger partial charge in [-0.05, 0) is 73.2 Å². The Bertz CT molecular complexity index is 1720. The van der Waals surface area contributed by atoms with E-state index in [-0.39, 0.29) is 49.4 Å². The second kappa shape index (κ2) is 11.7. The first-order valence-electron chi connectivity index (χ1n) is 16.5. The van der Waals surface area contributed by atoms with Crippen LogP contribution in [-0.4, -0.2) is 71.2 Å². The Morgan fingerprint density at radius 3 is 2.62 bits per heavy atom. The SMILES string of the molecule is C=C(C)[C@@]12C[C@@H](C)[C@@]34OC(Cc5ccccc5)(O[C@@H]1[C@@H]3C=C(COC(=O)Cc1ccc(O)c(OCNC)c1)C[C@]1(O)C(=O)C(C)=C[C@@H]41)O2. The molecule has 10 nitrogen and oxygen atoms in total. The molecule has 7 rings (SSSR count). The lowest BCUT2D eigenvalue weighted by Gasteiger charge is -2.59. The van der Waals surface area contributed by atoms with Gasteiger partial charge in [-0.25, -0.2) is 0 Å². The van der Waals surface area contributed by atoms with E-state index in [0.29, 0.717) is 29.6 Å². The van der Waals surface area contributed by atoms with E-state index < -0.39 is 46.7 Å². The van der Waals surface area contributed by atoms with Gasteiger partial charge >= 0.3 is 5.97 Å². The number of esters is 1. The van der Waals surface area contributed by atoms with E-state index in [9.17, 15) is 19.8 Å². The van der Waals surface area contributed by atoms with Crippen molar-refractivity contribution >= 4 is 11.8 Å². The zero-order valence-corrected chi connectivity index (χ0v) is 27.8. The number of aromatic hydroxyl groups is 1. The van der Waals surface area contributed by atoms with Gasteiger partial charge in [0.2, 0.25) is 0 Å². The highest BCUT2D eigenvalue weighted by atomic mass is 16.9. The van der Waals surface area contributed by atoms with Gasteiger partial charge in [0.15, 0.2) is 17.3 Å². The summed E-state index contributed by atoms with van der Waals surface area (Å²) in [5, 5.41) is 25.4. The van der Waals surface area contributed by atoms with Crippen LogP contribution in [0.2, 0.25) is 0 Å². The van der Waals surface area contributed by atoms with Gasteiger partial charge in [0.1, 0.15) is 30.6 Å². The summed E-state index contributed by atoms with van der Waals surface area (Å²) in [6.45, 7) is 10.2. The first-order valence-corrected chi connectivity index (χ1v) is 16.5. The molecule has 1 unspecified atom stereocenters. The summed E-state index contributed by atoms with van der Waals surface area (Å²) >= 11 is 0. The number of phenols is 1. The molecule has 2 saturated heterocycles. The van der Waals surface area contributed by atoms with Gasteiger partial charge < -0.3 is 33.9 Å². The topological polar surface area (TPSA) is 133 Å². The van der Waals surface area contributed by atoms with E-state index >= 15 is 0 Å². The number of carbonyl (C=O) groups excluding carboxylic acids is 2. The predicted molar refractivity (Wildman–Crippen MR) is 175 cm³/mol. The molecule has 2 heterocycles. The van der Waals surface area contributed by atoms with Crippen LogP contribution in [-0.2, 0) is 41.4 Å². The summed E-state index contributed by atoms with van der Waals surface area (Å²) in [6, 6.07) is 14.5. The van der Waals surface area contributed by atoms with E-state index in [0.717, 1.165) is 11.1 Å². The molecule has 0 amide bonds. The van der Waals surface area contributed by atoms with Crippen LogP contribution in [0, 0.1) is 17.8 Å². The van der Waals surface area contributed by atoms with Crippen molar-refractivity contribution in [2.45, 2.75) is 75.3 Å². The van der Waals surface area contributed by atoms with Crippen molar-refractivity contribution in [3.63, 3.8) is 0 Å². The van der Waals surface area contributed by atoms with Crippen LogP contribution in [0.5, 0.6) is 11.5 Å². The molecule has 10 heteroatoms. The summed E-state index contributed by atoms with van der Waals surface area (Å²) < 4.78 is 32.2. The number of hydrogen-bond donors (Lipinski definition) is 3. The van der Waals surface area contributed by atoms with Crippen LogP contribution in [0.1, 0.15) is 44.7 Å². The Morgan fingerprint density at radius 1 is 1.12 bits per heavy atom. The molecule has 1 saturated carbocycles. The third-order valence-corrected chi connectivity index (χ3v) is 10.9. The molecular formula is C38H43NO9. The molecular weight excluding hydrogens is 614 g/mol. The van der Waals surface area contributed by atoms with Crippen molar-refractivity contribution in [2.24, 2.45) is 17.8 Å². The molecule has 0 spiro atoms. The molecule has 254 valence electrons. The van der Waals surface area contributed by atoms with Gasteiger partial charge in [-0.3, -0.25) is 14.9 Å². The Hall–Kier alpha value is -3.80. The van der Waals surface area contributed by atoms with E-state index in [4.69, 9.17) is 23.7 Å². The van der Waals surface area contributed by atoms with E-state index in [2.05, 4.69) is 18.8 Å². The Kier molecular flexibility index (Phi) is 7.96. The first kappa shape index (κ1) is 32.7. The average molecular weight is 658 g/mol. The zero-order chi connectivity index (χ0) is 34.1. The molecule has 0 radical (unpaired) electrons. The number of benzene rings is 2. The number of ketones is 1. The summed E-state index contributed by atoms with van der Waals surface area (Å²) in [7, 11) is 1.72. The number of aliphatic hydroxyl groups is 1. The lowest BCUT2D eigenvalue weighted by atomic mass is 9.55. The minimum Gasteiger partial charge on any atom is -0.504 e. The molecule has 2 aromatic carbocycles. The first-order chi connectivity index (χ1) is 22.9. The number of hydrogen-bond acceptors (Lipinski definition) is 10. The van der Waals surface area contributed by atoms with Crippen molar-refractivity contribution < 1.29 is 43.5 Å². The van der Waals surface area contributed by atoms with Crippen LogP contribution < -0.4 is 10.1 Å². The van der Waals surface area contributed by atoms with Crippen molar-refractivity contribution in [1.82, 2.24) is 5.32 Å². The fourth-order valence-electron chi connectivity index (χ4n) is 8.81. The number of Topliss-reactive ketones (excluding diaryl/α,β-unsaturated/α-hetero) is 1. The van der Waals surface area contributed by atoms with Crippen LogP contribution >= 0.6 is 0 Å². The fourth-order valence-corrected chi connectivity index (χ4v) is 8.81. The number of ether oxygens (including phenoxy) is 5. The fraction of sp³-hybridized carbons (Fsp3) is 0.474. The van der Waals surface area contributed by atoms with Crippen molar-refractivity contribution in [3.05, 3.63) is 95.1 Å². The highest BCUT2D eigenvalue weighted by Crippen LogP contribution is 2.68. The number of carbonyl (C=O) groups is 2. The van der Waals surface area contributed by atoms with Crippen LogP contribution in [0.15, 0.2) is 84.0 Å². The van der Waals surface area contributed by atoms with Gasteiger partial charge in [0.05, 0.1) is 18.4 Å². The third kappa shape index (κ3) is 4.96. The summed E-state index contributed by atoms with van der Waals surface area (Å²) in [5.74, 6) is -3.42.